The average Bonchev–Trinajstić information content (AvgIpc) is 3.03. The van der Waals surface area contributed by atoms with Crippen molar-refractivity contribution < 1.29 is 14.5 Å². The number of nitro benzene ring substituents is 1. The van der Waals surface area contributed by atoms with Gasteiger partial charge in [0.2, 0.25) is 5.91 Å². The summed E-state index contributed by atoms with van der Waals surface area (Å²) >= 11 is 1.52. The van der Waals surface area contributed by atoms with Crippen molar-refractivity contribution in [3.8, 4) is 0 Å². The number of rotatable bonds is 5. The number of amides is 2. The highest BCUT2D eigenvalue weighted by Gasteiger charge is 2.35. The van der Waals surface area contributed by atoms with Crippen LogP contribution in [0.15, 0.2) is 18.2 Å². The second-order valence-electron chi connectivity index (χ2n) is 5.87. The number of nitrogens with zero attached hydrogens (tertiary/aromatic N) is 2. The predicted octanol–water partition coefficient (Wildman–Crippen LogP) is 2.33. The number of carbonyl (C=O) groups is 2. The molecule has 0 spiro atoms. The van der Waals surface area contributed by atoms with E-state index in [0.717, 1.165) is 6.42 Å². The van der Waals surface area contributed by atoms with Gasteiger partial charge in [0.05, 0.1) is 10.8 Å². The van der Waals surface area contributed by atoms with E-state index >= 15 is 0 Å². The van der Waals surface area contributed by atoms with E-state index in [9.17, 15) is 19.7 Å². The SMILES string of the molecule is CCC(C)NC(=O)C1CSCN1C(=O)c1ccc([N+](=O)[O-])c(C)c1. The van der Waals surface area contributed by atoms with Crippen LogP contribution in [-0.2, 0) is 4.79 Å². The highest BCUT2D eigenvalue weighted by Crippen LogP contribution is 2.25. The molecule has 2 amide bonds. The van der Waals surface area contributed by atoms with Crippen LogP contribution in [0.25, 0.3) is 0 Å². The van der Waals surface area contributed by atoms with Crippen molar-refractivity contribution in [2.75, 3.05) is 11.6 Å². The summed E-state index contributed by atoms with van der Waals surface area (Å²) in [5.41, 5.74) is 0.772. The zero-order valence-corrected chi connectivity index (χ0v) is 14.8. The van der Waals surface area contributed by atoms with E-state index < -0.39 is 11.0 Å². The van der Waals surface area contributed by atoms with Crippen LogP contribution in [0.1, 0.15) is 36.2 Å². The highest BCUT2D eigenvalue weighted by molar-refractivity contribution is 7.99. The molecule has 1 aliphatic rings. The van der Waals surface area contributed by atoms with Gasteiger partial charge < -0.3 is 10.2 Å². The lowest BCUT2D eigenvalue weighted by atomic mass is 10.1. The molecule has 0 bridgehead atoms. The standard InChI is InChI=1S/C16H21N3O4S/c1-4-11(3)17-15(20)14-8-24-9-18(14)16(21)12-5-6-13(19(22)23)10(2)7-12/h5-7,11,14H,4,8-9H2,1-3H3,(H,17,20). The van der Waals surface area contributed by atoms with E-state index in [4.69, 9.17) is 0 Å². The Bertz CT molecular complexity index is 665. The molecule has 2 rings (SSSR count). The van der Waals surface area contributed by atoms with Gasteiger partial charge in [0.25, 0.3) is 11.6 Å². The number of nitro groups is 1. The van der Waals surface area contributed by atoms with E-state index in [-0.39, 0.29) is 23.5 Å². The molecule has 1 N–H and O–H groups in total. The van der Waals surface area contributed by atoms with Crippen LogP contribution in [-0.4, -0.2) is 45.4 Å². The van der Waals surface area contributed by atoms with Crippen LogP contribution in [0.3, 0.4) is 0 Å². The predicted molar refractivity (Wildman–Crippen MR) is 93.0 cm³/mol. The quantitative estimate of drug-likeness (QED) is 0.649. The van der Waals surface area contributed by atoms with Gasteiger partial charge in [0.1, 0.15) is 6.04 Å². The largest absolute Gasteiger partial charge is 0.352 e. The van der Waals surface area contributed by atoms with Crippen LogP contribution in [0.4, 0.5) is 5.69 Å². The average molecular weight is 351 g/mol. The molecule has 1 aromatic carbocycles. The van der Waals surface area contributed by atoms with Crippen molar-refractivity contribution in [3.05, 3.63) is 39.4 Å². The molecule has 1 saturated heterocycles. The van der Waals surface area contributed by atoms with Crippen molar-refractivity contribution >= 4 is 29.3 Å². The zero-order chi connectivity index (χ0) is 17.9. The maximum absolute atomic E-state index is 12.7. The summed E-state index contributed by atoms with van der Waals surface area (Å²) in [5.74, 6) is 0.566. The molecule has 0 aromatic heterocycles. The number of nitrogens with one attached hydrogen (secondary N) is 1. The summed E-state index contributed by atoms with van der Waals surface area (Å²) in [6, 6.07) is 3.83. The maximum Gasteiger partial charge on any atom is 0.272 e. The van der Waals surface area contributed by atoms with E-state index in [1.165, 1.54) is 34.9 Å². The zero-order valence-electron chi connectivity index (χ0n) is 13.9. The smallest absolute Gasteiger partial charge is 0.272 e. The van der Waals surface area contributed by atoms with Crippen LogP contribution < -0.4 is 5.32 Å². The summed E-state index contributed by atoms with van der Waals surface area (Å²) < 4.78 is 0. The topological polar surface area (TPSA) is 92.6 Å². The van der Waals surface area contributed by atoms with Gasteiger partial charge in [0.15, 0.2) is 0 Å². The summed E-state index contributed by atoms with van der Waals surface area (Å²) in [7, 11) is 0. The van der Waals surface area contributed by atoms with E-state index in [1.807, 2.05) is 13.8 Å². The fourth-order valence-corrected chi connectivity index (χ4v) is 3.61. The molecule has 8 heteroatoms. The Labute approximate surface area is 144 Å². The lowest BCUT2D eigenvalue weighted by Crippen LogP contribution is -2.49. The first-order chi connectivity index (χ1) is 11.3. The lowest BCUT2D eigenvalue weighted by molar-refractivity contribution is -0.385. The monoisotopic (exact) mass is 351 g/mol. The molecular formula is C16H21N3O4S. The van der Waals surface area contributed by atoms with Gasteiger partial charge in [-0.15, -0.1) is 11.8 Å². The number of aryl methyl sites for hydroxylation is 1. The number of thioether (sulfide) groups is 1. The molecule has 24 heavy (non-hydrogen) atoms. The number of carbonyl (C=O) groups excluding carboxylic acids is 2. The molecule has 0 radical (unpaired) electrons. The molecule has 2 atom stereocenters. The molecule has 1 fully saturated rings. The van der Waals surface area contributed by atoms with E-state index in [1.54, 1.807) is 6.92 Å². The Balaban J connectivity index is 2.17. The van der Waals surface area contributed by atoms with Gasteiger partial charge in [-0.3, -0.25) is 19.7 Å². The normalized spacial score (nSPS) is 18.3. The molecule has 1 heterocycles. The minimum absolute atomic E-state index is 0.0200. The Morgan fingerprint density at radius 3 is 2.79 bits per heavy atom. The third-order valence-corrected chi connectivity index (χ3v) is 5.10. The fraction of sp³-hybridized carbons (Fsp3) is 0.500. The third kappa shape index (κ3) is 3.87. The lowest BCUT2D eigenvalue weighted by Gasteiger charge is -2.24. The minimum Gasteiger partial charge on any atom is -0.352 e. The van der Waals surface area contributed by atoms with E-state index in [0.29, 0.717) is 22.8 Å². The maximum atomic E-state index is 12.7. The van der Waals surface area contributed by atoms with Crippen LogP contribution in [0.5, 0.6) is 0 Å². The highest BCUT2D eigenvalue weighted by atomic mass is 32.2. The molecule has 1 aliphatic heterocycles. The van der Waals surface area contributed by atoms with Gasteiger partial charge in [-0.2, -0.15) is 0 Å². The second kappa shape index (κ2) is 7.65. The summed E-state index contributed by atoms with van der Waals surface area (Å²) in [4.78, 5) is 37.0. The summed E-state index contributed by atoms with van der Waals surface area (Å²) in [6.07, 6.45) is 0.821. The first kappa shape index (κ1) is 18.3. The van der Waals surface area contributed by atoms with Crippen molar-refractivity contribution in [1.29, 1.82) is 0 Å². The molecular weight excluding hydrogens is 330 g/mol. The van der Waals surface area contributed by atoms with E-state index in [2.05, 4.69) is 5.32 Å². The van der Waals surface area contributed by atoms with Gasteiger partial charge in [0, 0.05) is 29.0 Å². The van der Waals surface area contributed by atoms with Crippen molar-refractivity contribution in [3.63, 3.8) is 0 Å². The molecule has 0 saturated carbocycles. The van der Waals surface area contributed by atoms with Gasteiger partial charge in [-0.05, 0) is 32.4 Å². The summed E-state index contributed by atoms with van der Waals surface area (Å²) in [6.45, 7) is 5.50. The molecule has 0 aliphatic carbocycles. The Hall–Kier alpha value is -2.09. The summed E-state index contributed by atoms with van der Waals surface area (Å²) in [5, 5.41) is 13.8. The molecule has 130 valence electrons. The van der Waals surface area contributed by atoms with Crippen molar-refractivity contribution in [1.82, 2.24) is 10.2 Å². The van der Waals surface area contributed by atoms with Crippen LogP contribution in [0.2, 0.25) is 0 Å². The Morgan fingerprint density at radius 1 is 1.50 bits per heavy atom. The van der Waals surface area contributed by atoms with Gasteiger partial charge >= 0.3 is 0 Å². The number of benzene rings is 1. The number of hydrogen-bond acceptors (Lipinski definition) is 5. The molecule has 7 nitrogen and oxygen atoms in total. The van der Waals surface area contributed by atoms with Gasteiger partial charge in [-0.25, -0.2) is 0 Å². The van der Waals surface area contributed by atoms with Crippen molar-refractivity contribution in [2.24, 2.45) is 0 Å². The first-order valence-corrected chi connectivity index (χ1v) is 8.94. The second-order valence-corrected chi connectivity index (χ2v) is 6.87. The van der Waals surface area contributed by atoms with Gasteiger partial charge in [-0.1, -0.05) is 6.92 Å². The third-order valence-electron chi connectivity index (χ3n) is 4.09. The fourth-order valence-electron chi connectivity index (χ4n) is 2.46. The number of hydrogen-bond donors (Lipinski definition) is 1. The first-order valence-electron chi connectivity index (χ1n) is 7.79. The van der Waals surface area contributed by atoms with Crippen molar-refractivity contribution in [2.45, 2.75) is 39.3 Å². The molecule has 1 aromatic rings. The Morgan fingerprint density at radius 2 is 2.21 bits per heavy atom. The molecule has 2 unspecified atom stereocenters. The van der Waals surface area contributed by atoms with Crippen LogP contribution >= 0.6 is 11.8 Å². The minimum atomic E-state index is -0.507. The Kier molecular flexibility index (Phi) is 5.82. The van der Waals surface area contributed by atoms with Crippen LogP contribution in [0, 0.1) is 17.0 Å².